The fourth-order valence-electron chi connectivity index (χ4n) is 1.72. The molecule has 1 aromatic heterocycles. The summed E-state index contributed by atoms with van der Waals surface area (Å²) in [6.45, 7) is 0. The molecule has 2 aromatic rings. The van der Waals surface area contributed by atoms with Crippen LogP contribution in [0.3, 0.4) is 0 Å². The van der Waals surface area contributed by atoms with Gasteiger partial charge in [-0.1, -0.05) is 18.2 Å². The molecule has 0 aliphatic carbocycles. The second-order valence-electron chi connectivity index (χ2n) is 4.28. The van der Waals surface area contributed by atoms with Gasteiger partial charge in [0.25, 0.3) is 5.91 Å². The lowest BCUT2D eigenvalue weighted by Gasteiger charge is -2.03. The third-order valence-corrected chi connectivity index (χ3v) is 2.86. The lowest BCUT2D eigenvalue weighted by Crippen LogP contribution is -2.13. The predicted octanol–water partition coefficient (Wildman–Crippen LogP) is 1.87. The van der Waals surface area contributed by atoms with Crippen molar-refractivity contribution in [2.75, 3.05) is 5.32 Å². The summed E-state index contributed by atoms with van der Waals surface area (Å²) in [6, 6.07) is 10.4. The van der Waals surface area contributed by atoms with Gasteiger partial charge in [0.15, 0.2) is 0 Å². The van der Waals surface area contributed by atoms with Crippen molar-refractivity contribution in [3.05, 3.63) is 58.0 Å². The molecule has 0 atom stereocenters. The van der Waals surface area contributed by atoms with Crippen LogP contribution in [-0.2, 0) is 11.8 Å². The van der Waals surface area contributed by atoms with Gasteiger partial charge in [-0.2, -0.15) is 5.26 Å². The van der Waals surface area contributed by atoms with E-state index < -0.39 is 10.8 Å². The fourth-order valence-corrected chi connectivity index (χ4v) is 1.72. The molecular formula is C14H11N5O3. The molecule has 8 heteroatoms. The molecule has 0 aliphatic rings. The average molecular weight is 297 g/mol. The average Bonchev–Trinajstić information content (AvgIpc) is 2.86. The van der Waals surface area contributed by atoms with Crippen LogP contribution in [0.4, 0.5) is 11.5 Å². The van der Waals surface area contributed by atoms with Crippen LogP contribution in [0.15, 0.2) is 42.1 Å². The van der Waals surface area contributed by atoms with Crippen molar-refractivity contribution in [3.63, 3.8) is 0 Å². The van der Waals surface area contributed by atoms with E-state index in [9.17, 15) is 14.9 Å². The van der Waals surface area contributed by atoms with Crippen molar-refractivity contribution in [1.82, 2.24) is 9.55 Å². The highest BCUT2D eigenvalue weighted by Crippen LogP contribution is 2.15. The Morgan fingerprint density at radius 3 is 2.68 bits per heavy atom. The summed E-state index contributed by atoms with van der Waals surface area (Å²) in [6.07, 6.45) is 2.27. The van der Waals surface area contributed by atoms with Crippen LogP contribution in [0.1, 0.15) is 5.82 Å². The molecule has 22 heavy (non-hydrogen) atoms. The molecule has 1 aromatic carbocycles. The number of nitrogens with zero attached hydrogens (tertiary/aromatic N) is 4. The molecular weight excluding hydrogens is 286 g/mol. The summed E-state index contributed by atoms with van der Waals surface area (Å²) < 4.78 is 1.19. The van der Waals surface area contributed by atoms with E-state index in [2.05, 4.69) is 10.3 Å². The minimum absolute atomic E-state index is 0.145. The number of imidazole rings is 1. The van der Waals surface area contributed by atoms with Gasteiger partial charge in [0, 0.05) is 11.8 Å². The Kier molecular flexibility index (Phi) is 4.29. The first-order valence-electron chi connectivity index (χ1n) is 6.17. The first-order valence-corrected chi connectivity index (χ1v) is 6.17. The molecule has 1 heterocycles. The number of nitriles is 1. The van der Waals surface area contributed by atoms with E-state index in [1.807, 2.05) is 0 Å². The van der Waals surface area contributed by atoms with Crippen molar-refractivity contribution in [2.45, 2.75) is 0 Å². The summed E-state index contributed by atoms with van der Waals surface area (Å²) in [5.74, 6) is -0.696. The number of rotatable bonds is 4. The standard InChI is InChI=1S/C14H11N5O3/c1-18-12(16-9-13(18)19(21)22)7-10(8-15)14(20)17-11-5-3-2-4-6-11/h2-7,9H,1H3,(H,17,20). The number of aromatic nitrogens is 2. The van der Waals surface area contributed by atoms with Crippen molar-refractivity contribution in [2.24, 2.45) is 7.05 Å². The van der Waals surface area contributed by atoms with Gasteiger partial charge in [0.1, 0.15) is 17.8 Å². The molecule has 0 unspecified atom stereocenters. The number of nitro groups is 1. The van der Waals surface area contributed by atoms with Gasteiger partial charge in [-0.05, 0) is 17.1 Å². The lowest BCUT2D eigenvalue weighted by molar-refractivity contribution is -0.391. The number of amides is 1. The van der Waals surface area contributed by atoms with Crippen LogP contribution < -0.4 is 5.32 Å². The summed E-state index contributed by atoms with van der Waals surface area (Å²) in [4.78, 5) is 26.0. The van der Waals surface area contributed by atoms with Crippen LogP contribution in [0.5, 0.6) is 0 Å². The number of nitrogens with one attached hydrogen (secondary N) is 1. The van der Waals surface area contributed by atoms with E-state index in [-0.39, 0.29) is 17.2 Å². The summed E-state index contributed by atoms with van der Waals surface area (Å²) in [5, 5.41) is 22.4. The number of para-hydroxylation sites is 1. The number of carbonyl (C=O) groups is 1. The zero-order valence-corrected chi connectivity index (χ0v) is 11.6. The number of carbonyl (C=O) groups excluding carboxylic acids is 1. The van der Waals surface area contributed by atoms with E-state index in [0.717, 1.165) is 6.20 Å². The Bertz CT molecular complexity index is 787. The van der Waals surface area contributed by atoms with E-state index in [0.29, 0.717) is 5.69 Å². The van der Waals surface area contributed by atoms with Crippen molar-refractivity contribution < 1.29 is 9.72 Å². The Morgan fingerprint density at radius 2 is 2.14 bits per heavy atom. The molecule has 1 N–H and O–H groups in total. The first-order chi connectivity index (χ1) is 10.5. The number of hydrogen-bond donors (Lipinski definition) is 1. The summed E-state index contributed by atoms with van der Waals surface area (Å²) in [5.41, 5.74) is 0.340. The molecule has 0 spiro atoms. The summed E-state index contributed by atoms with van der Waals surface area (Å²) >= 11 is 0. The Hall–Kier alpha value is -3.47. The van der Waals surface area contributed by atoms with Crippen LogP contribution >= 0.6 is 0 Å². The van der Waals surface area contributed by atoms with Gasteiger partial charge >= 0.3 is 5.82 Å². The minimum atomic E-state index is -0.612. The predicted molar refractivity (Wildman–Crippen MR) is 78.5 cm³/mol. The van der Waals surface area contributed by atoms with Crippen LogP contribution in [0.2, 0.25) is 0 Å². The number of hydrogen-bond acceptors (Lipinski definition) is 5. The van der Waals surface area contributed by atoms with Gasteiger partial charge in [0.05, 0.1) is 7.05 Å². The highest BCUT2D eigenvalue weighted by Gasteiger charge is 2.17. The van der Waals surface area contributed by atoms with E-state index in [4.69, 9.17) is 5.26 Å². The molecule has 0 aliphatic heterocycles. The summed E-state index contributed by atoms with van der Waals surface area (Å²) in [7, 11) is 1.43. The molecule has 0 bridgehead atoms. The number of benzene rings is 1. The lowest BCUT2D eigenvalue weighted by atomic mass is 10.2. The van der Waals surface area contributed by atoms with E-state index in [1.54, 1.807) is 36.4 Å². The van der Waals surface area contributed by atoms with Gasteiger partial charge in [-0.15, -0.1) is 0 Å². The zero-order valence-electron chi connectivity index (χ0n) is 11.6. The highest BCUT2D eigenvalue weighted by molar-refractivity contribution is 6.09. The molecule has 0 saturated heterocycles. The van der Waals surface area contributed by atoms with Crippen LogP contribution in [0, 0.1) is 21.4 Å². The van der Waals surface area contributed by atoms with E-state index >= 15 is 0 Å². The van der Waals surface area contributed by atoms with Crippen molar-refractivity contribution in [3.8, 4) is 6.07 Å². The maximum atomic E-state index is 12.0. The SMILES string of the molecule is Cn1c([N+](=O)[O-])cnc1C=C(C#N)C(=O)Nc1ccccc1. The molecule has 2 rings (SSSR count). The van der Waals surface area contributed by atoms with Crippen molar-refractivity contribution in [1.29, 1.82) is 5.26 Å². The highest BCUT2D eigenvalue weighted by atomic mass is 16.6. The maximum absolute atomic E-state index is 12.0. The third kappa shape index (κ3) is 3.16. The second kappa shape index (κ2) is 6.32. The molecule has 0 fully saturated rings. The van der Waals surface area contributed by atoms with Gasteiger partial charge < -0.3 is 15.4 Å². The fraction of sp³-hybridized carbons (Fsp3) is 0.0714. The van der Waals surface area contributed by atoms with Gasteiger partial charge in [0.2, 0.25) is 5.82 Å². The smallest absolute Gasteiger partial charge is 0.342 e. The second-order valence-corrected chi connectivity index (χ2v) is 4.28. The molecule has 1 amide bonds. The van der Waals surface area contributed by atoms with E-state index in [1.165, 1.54) is 17.7 Å². The Labute approximate surface area is 125 Å². The third-order valence-electron chi connectivity index (χ3n) is 2.86. The minimum Gasteiger partial charge on any atom is -0.358 e. The van der Waals surface area contributed by atoms with Crippen LogP contribution in [0.25, 0.3) is 6.08 Å². The number of anilines is 1. The largest absolute Gasteiger partial charge is 0.358 e. The molecule has 110 valence electrons. The topological polar surface area (TPSA) is 114 Å². The normalized spacial score (nSPS) is 10.8. The Morgan fingerprint density at radius 1 is 1.45 bits per heavy atom. The first kappa shape index (κ1) is 14.9. The van der Waals surface area contributed by atoms with Crippen molar-refractivity contribution >= 4 is 23.5 Å². The monoisotopic (exact) mass is 297 g/mol. The van der Waals surface area contributed by atoms with Gasteiger partial charge in [-0.25, -0.2) is 9.55 Å². The Balaban J connectivity index is 2.26. The maximum Gasteiger partial charge on any atom is 0.342 e. The molecule has 8 nitrogen and oxygen atoms in total. The van der Waals surface area contributed by atoms with Gasteiger partial charge in [-0.3, -0.25) is 4.79 Å². The molecule has 0 saturated carbocycles. The zero-order chi connectivity index (χ0) is 16.1. The quantitative estimate of drug-likeness (QED) is 0.400. The van der Waals surface area contributed by atoms with Crippen LogP contribution in [-0.4, -0.2) is 20.4 Å². The molecule has 0 radical (unpaired) electrons.